The predicted octanol–water partition coefficient (Wildman–Crippen LogP) is 1.66. The standard InChI is InChI=1S/C9H17NO/c1-8-4-7-11-9(10-8)5-2-3-6-9/h8,10H,2-7H2,1H3. The molecule has 0 radical (unpaired) electrons. The van der Waals surface area contributed by atoms with Crippen molar-refractivity contribution in [3.63, 3.8) is 0 Å². The molecule has 0 aromatic carbocycles. The highest BCUT2D eigenvalue weighted by Crippen LogP contribution is 2.33. The fourth-order valence-electron chi connectivity index (χ4n) is 2.23. The molecule has 1 N–H and O–H groups in total. The average Bonchev–Trinajstić information content (AvgIpc) is 2.37. The number of rotatable bonds is 0. The van der Waals surface area contributed by atoms with Crippen molar-refractivity contribution < 1.29 is 4.74 Å². The largest absolute Gasteiger partial charge is 0.361 e. The van der Waals surface area contributed by atoms with Gasteiger partial charge in [0.25, 0.3) is 0 Å². The molecule has 0 amide bonds. The van der Waals surface area contributed by atoms with Crippen LogP contribution < -0.4 is 5.32 Å². The maximum Gasteiger partial charge on any atom is 0.119 e. The van der Waals surface area contributed by atoms with E-state index in [-0.39, 0.29) is 5.72 Å². The molecule has 1 atom stereocenters. The Morgan fingerprint density at radius 1 is 1.36 bits per heavy atom. The van der Waals surface area contributed by atoms with Gasteiger partial charge in [0.05, 0.1) is 6.61 Å². The van der Waals surface area contributed by atoms with E-state index in [0.717, 1.165) is 6.61 Å². The number of ether oxygens (including phenoxy) is 1. The molecule has 1 unspecified atom stereocenters. The van der Waals surface area contributed by atoms with Crippen LogP contribution in [0.1, 0.15) is 39.0 Å². The zero-order valence-corrected chi connectivity index (χ0v) is 7.23. The van der Waals surface area contributed by atoms with Gasteiger partial charge in [-0.05, 0) is 39.0 Å². The van der Waals surface area contributed by atoms with Crippen LogP contribution in [0, 0.1) is 0 Å². The first-order valence-electron chi connectivity index (χ1n) is 4.72. The lowest BCUT2D eigenvalue weighted by molar-refractivity contribution is -0.103. The van der Waals surface area contributed by atoms with Gasteiger partial charge >= 0.3 is 0 Å². The van der Waals surface area contributed by atoms with Crippen molar-refractivity contribution in [1.29, 1.82) is 0 Å². The van der Waals surface area contributed by atoms with Gasteiger partial charge in [-0.1, -0.05) is 0 Å². The van der Waals surface area contributed by atoms with E-state index < -0.39 is 0 Å². The second-order valence-corrected chi connectivity index (χ2v) is 3.88. The van der Waals surface area contributed by atoms with E-state index in [4.69, 9.17) is 4.74 Å². The quantitative estimate of drug-likeness (QED) is 0.574. The minimum Gasteiger partial charge on any atom is -0.361 e. The summed E-state index contributed by atoms with van der Waals surface area (Å²) in [5.41, 5.74) is 0.0949. The van der Waals surface area contributed by atoms with Crippen molar-refractivity contribution in [2.24, 2.45) is 0 Å². The average molecular weight is 155 g/mol. The molecule has 1 heterocycles. The zero-order valence-electron chi connectivity index (χ0n) is 7.23. The molecule has 2 nitrogen and oxygen atoms in total. The van der Waals surface area contributed by atoms with Crippen LogP contribution in [0.3, 0.4) is 0 Å². The zero-order chi connectivity index (χ0) is 7.73. The van der Waals surface area contributed by atoms with E-state index in [0.29, 0.717) is 6.04 Å². The molecule has 0 bridgehead atoms. The molecule has 1 spiro atoms. The SMILES string of the molecule is CC1CCOC2(CCCC2)N1. The van der Waals surface area contributed by atoms with Crippen molar-refractivity contribution >= 4 is 0 Å². The van der Waals surface area contributed by atoms with Crippen LogP contribution in [0.15, 0.2) is 0 Å². The summed E-state index contributed by atoms with van der Waals surface area (Å²) in [6.07, 6.45) is 6.27. The van der Waals surface area contributed by atoms with Crippen LogP contribution in [0.2, 0.25) is 0 Å². The van der Waals surface area contributed by atoms with E-state index in [1.165, 1.54) is 32.1 Å². The van der Waals surface area contributed by atoms with E-state index in [2.05, 4.69) is 12.2 Å². The van der Waals surface area contributed by atoms with Gasteiger partial charge in [0.1, 0.15) is 5.72 Å². The van der Waals surface area contributed by atoms with Gasteiger partial charge in [0, 0.05) is 6.04 Å². The Labute approximate surface area is 68.3 Å². The third-order valence-corrected chi connectivity index (χ3v) is 2.85. The smallest absolute Gasteiger partial charge is 0.119 e. The van der Waals surface area contributed by atoms with Crippen LogP contribution in [-0.4, -0.2) is 18.4 Å². The minimum absolute atomic E-state index is 0.0949. The molecular formula is C9H17NO. The normalized spacial score (nSPS) is 36.3. The summed E-state index contributed by atoms with van der Waals surface area (Å²) in [5, 5.41) is 3.57. The van der Waals surface area contributed by atoms with Gasteiger partial charge in [0.2, 0.25) is 0 Å². The summed E-state index contributed by atoms with van der Waals surface area (Å²) in [5.74, 6) is 0. The minimum atomic E-state index is 0.0949. The lowest BCUT2D eigenvalue weighted by Crippen LogP contribution is -2.53. The first-order chi connectivity index (χ1) is 5.31. The van der Waals surface area contributed by atoms with Crippen molar-refractivity contribution in [2.45, 2.75) is 50.8 Å². The van der Waals surface area contributed by atoms with Crippen molar-refractivity contribution in [3.8, 4) is 0 Å². The first kappa shape index (κ1) is 7.56. The summed E-state index contributed by atoms with van der Waals surface area (Å²) in [7, 11) is 0. The van der Waals surface area contributed by atoms with Gasteiger partial charge in [0.15, 0.2) is 0 Å². The molecule has 1 aliphatic heterocycles. The van der Waals surface area contributed by atoms with Crippen LogP contribution in [0.5, 0.6) is 0 Å². The lowest BCUT2D eigenvalue weighted by Gasteiger charge is -2.38. The van der Waals surface area contributed by atoms with Crippen molar-refractivity contribution in [2.75, 3.05) is 6.61 Å². The van der Waals surface area contributed by atoms with Crippen molar-refractivity contribution in [3.05, 3.63) is 0 Å². The highest BCUT2D eigenvalue weighted by molar-refractivity contribution is 4.88. The third-order valence-electron chi connectivity index (χ3n) is 2.85. The number of hydrogen-bond donors (Lipinski definition) is 1. The molecular weight excluding hydrogens is 138 g/mol. The Bertz CT molecular complexity index is 140. The summed E-state index contributed by atoms with van der Waals surface area (Å²) >= 11 is 0. The maximum atomic E-state index is 5.79. The third kappa shape index (κ3) is 1.42. The number of nitrogens with one attached hydrogen (secondary N) is 1. The van der Waals surface area contributed by atoms with Gasteiger partial charge in [-0.2, -0.15) is 0 Å². The van der Waals surface area contributed by atoms with Crippen molar-refractivity contribution in [1.82, 2.24) is 5.32 Å². The summed E-state index contributed by atoms with van der Waals surface area (Å²) in [6.45, 7) is 3.21. The van der Waals surface area contributed by atoms with E-state index >= 15 is 0 Å². The summed E-state index contributed by atoms with van der Waals surface area (Å²) in [6, 6.07) is 0.654. The lowest BCUT2D eigenvalue weighted by atomic mass is 10.1. The second-order valence-electron chi connectivity index (χ2n) is 3.88. The van der Waals surface area contributed by atoms with Gasteiger partial charge in [-0.15, -0.1) is 0 Å². The fraction of sp³-hybridized carbons (Fsp3) is 1.00. The van der Waals surface area contributed by atoms with Crippen LogP contribution in [-0.2, 0) is 4.74 Å². The molecule has 1 aliphatic carbocycles. The van der Waals surface area contributed by atoms with E-state index in [1.54, 1.807) is 0 Å². The van der Waals surface area contributed by atoms with Crippen LogP contribution in [0.25, 0.3) is 0 Å². The molecule has 2 heteroatoms. The number of hydrogen-bond acceptors (Lipinski definition) is 2. The molecule has 2 aliphatic rings. The molecule has 1 saturated carbocycles. The first-order valence-corrected chi connectivity index (χ1v) is 4.72. The Balaban J connectivity index is 2.00. The summed E-state index contributed by atoms with van der Waals surface area (Å²) in [4.78, 5) is 0. The highest BCUT2D eigenvalue weighted by Gasteiger charge is 2.37. The maximum absolute atomic E-state index is 5.79. The highest BCUT2D eigenvalue weighted by atomic mass is 16.5. The molecule has 2 rings (SSSR count). The topological polar surface area (TPSA) is 21.3 Å². The predicted molar refractivity (Wildman–Crippen MR) is 44.4 cm³/mol. The molecule has 1 saturated heterocycles. The van der Waals surface area contributed by atoms with E-state index in [9.17, 15) is 0 Å². The van der Waals surface area contributed by atoms with Gasteiger partial charge in [-0.25, -0.2) is 0 Å². The molecule has 11 heavy (non-hydrogen) atoms. The second kappa shape index (κ2) is 2.76. The molecule has 64 valence electrons. The van der Waals surface area contributed by atoms with E-state index in [1.807, 2.05) is 0 Å². The summed E-state index contributed by atoms with van der Waals surface area (Å²) < 4.78 is 5.79. The Morgan fingerprint density at radius 3 is 2.73 bits per heavy atom. The van der Waals surface area contributed by atoms with Crippen LogP contribution >= 0.6 is 0 Å². The Kier molecular flexibility index (Phi) is 1.90. The monoisotopic (exact) mass is 155 g/mol. The molecule has 0 aromatic rings. The Hall–Kier alpha value is -0.0800. The Morgan fingerprint density at radius 2 is 2.09 bits per heavy atom. The van der Waals surface area contributed by atoms with Gasteiger partial charge < -0.3 is 4.74 Å². The molecule has 2 fully saturated rings. The van der Waals surface area contributed by atoms with Crippen LogP contribution in [0.4, 0.5) is 0 Å². The van der Waals surface area contributed by atoms with Gasteiger partial charge in [-0.3, -0.25) is 5.32 Å². The fourth-order valence-corrected chi connectivity index (χ4v) is 2.23. The molecule has 0 aromatic heterocycles.